The second-order valence-corrected chi connectivity index (χ2v) is 10.2. The Morgan fingerprint density at radius 2 is 1.34 bits per heavy atom. The lowest BCUT2D eigenvalue weighted by Gasteiger charge is -2.34. The number of benzene rings is 4. The SMILES string of the molecule is CCOc1cc(C=C2C(=O)N(c3ccccc3)C(=O)N(c3ccccc3)C2=O)cc(Br)c1OCc1ccccc1Cl. The minimum absolute atomic E-state index is 0.184. The molecule has 4 aromatic rings. The average Bonchev–Trinajstić information content (AvgIpc) is 2.97. The van der Waals surface area contributed by atoms with Crippen molar-refractivity contribution in [3.63, 3.8) is 0 Å². The molecule has 1 fully saturated rings. The van der Waals surface area contributed by atoms with Crippen molar-refractivity contribution in [1.29, 1.82) is 0 Å². The van der Waals surface area contributed by atoms with Gasteiger partial charge in [0.25, 0.3) is 11.8 Å². The van der Waals surface area contributed by atoms with E-state index in [1.54, 1.807) is 78.9 Å². The molecule has 0 aliphatic carbocycles. The van der Waals surface area contributed by atoms with Crippen molar-refractivity contribution in [1.82, 2.24) is 0 Å². The van der Waals surface area contributed by atoms with E-state index >= 15 is 0 Å². The number of anilines is 2. The number of rotatable bonds is 8. The molecular weight excluding hydrogens is 608 g/mol. The van der Waals surface area contributed by atoms with Gasteiger partial charge in [0.2, 0.25) is 0 Å². The van der Waals surface area contributed by atoms with Gasteiger partial charge in [-0.3, -0.25) is 9.59 Å². The fourth-order valence-corrected chi connectivity index (χ4v) is 5.11. The highest BCUT2D eigenvalue weighted by Gasteiger charge is 2.43. The van der Waals surface area contributed by atoms with Gasteiger partial charge in [-0.05, 0) is 77.0 Å². The van der Waals surface area contributed by atoms with Gasteiger partial charge in [0.15, 0.2) is 11.5 Å². The molecule has 0 aromatic heterocycles. The minimum atomic E-state index is -0.756. The summed E-state index contributed by atoms with van der Waals surface area (Å²) in [5, 5.41) is 0.581. The van der Waals surface area contributed by atoms with E-state index in [0.717, 1.165) is 15.4 Å². The normalized spacial score (nSPS) is 13.4. The highest BCUT2D eigenvalue weighted by Crippen LogP contribution is 2.39. The predicted molar refractivity (Wildman–Crippen MR) is 162 cm³/mol. The molecule has 41 heavy (non-hydrogen) atoms. The number of ether oxygens (including phenoxy) is 2. The number of para-hydroxylation sites is 2. The highest BCUT2D eigenvalue weighted by atomic mass is 79.9. The van der Waals surface area contributed by atoms with Gasteiger partial charge in [-0.25, -0.2) is 14.6 Å². The molecule has 9 heteroatoms. The van der Waals surface area contributed by atoms with E-state index in [0.29, 0.717) is 44.5 Å². The smallest absolute Gasteiger partial charge is 0.343 e. The number of hydrogen-bond acceptors (Lipinski definition) is 5. The summed E-state index contributed by atoms with van der Waals surface area (Å²) in [5.41, 5.74) is 1.82. The standard InChI is InChI=1S/C32H24BrClN2O5/c1-2-40-28-19-21(18-26(33)29(28)41-20-22-11-9-10-16-27(22)34)17-25-30(37)35(23-12-5-3-6-13-23)32(39)36(31(25)38)24-14-7-4-8-15-24/h3-19H,2,20H2,1H3. The summed E-state index contributed by atoms with van der Waals surface area (Å²) in [4.78, 5) is 42.9. The van der Waals surface area contributed by atoms with Crippen molar-refractivity contribution < 1.29 is 23.9 Å². The fraction of sp³-hybridized carbons (Fsp3) is 0.0938. The summed E-state index contributed by atoms with van der Waals surface area (Å²) in [7, 11) is 0. The largest absolute Gasteiger partial charge is 0.490 e. The number of imide groups is 2. The third-order valence-electron chi connectivity index (χ3n) is 6.25. The lowest BCUT2D eigenvalue weighted by atomic mass is 10.0. The maximum Gasteiger partial charge on any atom is 0.343 e. The second kappa shape index (κ2) is 12.4. The van der Waals surface area contributed by atoms with Crippen LogP contribution in [0.4, 0.5) is 16.2 Å². The lowest BCUT2D eigenvalue weighted by Crippen LogP contribution is -2.57. The molecule has 1 saturated heterocycles. The summed E-state index contributed by atoms with van der Waals surface area (Å²) >= 11 is 9.84. The number of amides is 4. The molecule has 0 N–H and O–H groups in total. The number of hydrogen-bond donors (Lipinski definition) is 0. The Balaban J connectivity index is 1.56. The Labute approximate surface area is 250 Å². The monoisotopic (exact) mass is 630 g/mol. The van der Waals surface area contributed by atoms with Gasteiger partial charge in [0.1, 0.15) is 12.2 Å². The number of nitrogens with zero attached hydrogens (tertiary/aromatic N) is 2. The molecule has 1 aliphatic heterocycles. The number of carbonyl (C=O) groups is 3. The van der Waals surface area contributed by atoms with Crippen LogP contribution in [0, 0.1) is 0 Å². The molecule has 0 radical (unpaired) electrons. The van der Waals surface area contributed by atoms with Crippen LogP contribution in [0.5, 0.6) is 11.5 Å². The van der Waals surface area contributed by atoms with Gasteiger partial charge in [-0.2, -0.15) is 0 Å². The molecular formula is C32H24BrClN2O5. The van der Waals surface area contributed by atoms with Crippen LogP contribution < -0.4 is 19.3 Å². The predicted octanol–water partition coefficient (Wildman–Crippen LogP) is 7.66. The maximum absolute atomic E-state index is 13.7. The van der Waals surface area contributed by atoms with Crippen LogP contribution in [0.3, 0.4) is 0 Å². The van der Waals surface area contributed by atoms with Crippen molar-refractivity contribution in [3.8, 4) is 11.5 Å². The summed E-state index contributed by atoms with van der Waals surface area (Å²) in [5.74, 6) is -0.604. The van der Waals surface area contributed by atoms with Gasteiger partial charge in [-0.1, -0.05) is 66.2 Å². The summed E-state index contributed by atoms with van der Waals surface area (Å²) in [6.07, 6.45) is 1.45. The van der Waals surface area contributed by atoms with E-state index in [1.165, 1.54) is 6.08 Å². The first-order valence-electron chi connectivity index (χ1n) is 12.8. The zero-order valence-electron chi connectivity index (χ0n) is 21.9. The molecule has 5 rings (SSSR count). The van der Waals surface area contributed by atoms with E-state index in [2.05, 4.69) is 15.9 Å². The third-order valence-corrected chi connectivity index (χ3v) is 7.21. The van der Waals surface area contributed by atoms with Crippen molar-refractivity contribution in [2.24, 2.45) is 0 Å². The molecule has 0 atom stereocenters. The molecule has 0 bridgehead atoms. The third kappa shape index (κ3) is 5.89. The molecule has 4 amide bonds. The van der Waals surface area contributed by atoms with Gasteiger partial charge in [0.05, 0.1) is 22.5 Å². The summed E-state index contributed by atoms with van der Waals surface area (Å²) < 4.78 is 12.5. The van der Waals surface area contributed by atoms with Crippen LogP contribution in [0.25, 0.3) is 6.08 Å². The van der Waals surface area contributed by atoms with E-state index < -0.39 is 17.8 Å². The summed E-state index contributed by atoms with van der Waals surface area (Å²) in [6.45, 7) is 2.40. The Morgan fingerprint density at radius 1 is 0.780 bits per heavy atom. The van der Waals surface area contributed by atoms with Crippen LogP contribution in [0.2, 0.25) is 5.02 Å². The zero-order chi connectivity index (χ0) is 28.9. The first-order valence-corrected chi connectivity index (χ1v) is 13.9. The molecule has 1 aliphatic rings. The first-order chi connectivity index (χ1) is 19.9. The number of halogens is 2. The van der Waals surface area contributed by atoms with E-state index in [-0.39, 0.29) is 12.2 Å². The number of carbonyl (C=O) groups excluding carboxylic acids is 3. The zero-order valence-corrected chi connectivity index (χ0v) is 24.3. The number of barbiturate groups is 1. The van der Waals surface area contributed by atoms with Gasteiger partial charge < -0.3 is 9.47 Å². The highest BCUT2D eigenvalue weighted by molar-refractivity contribution is 9.10. The van der Waals surface area contributed by atoms with Gasteiger partial charge >= 0.3 is 6.03 Å². The van der Waals surface area contributed by atoms with E-state index in [4.69, 9.17) is 21.1 Å². The number of urea groups is 1. The first kappa shape index (κ1) is 28.1. The Kier molecular flexibility index (Phi) is 8.52. The topological polar surface area (TPSA) is 76.2 Å². The molecule has 1 heterocycles. The van der Waals surface area contributed by atoms with Crippen LogP contribution >= 0.6 is 27.5 Å². The van der Waals surface area contributed by atoms with Crippen LogP contribution in [0.1, 0.15) is 18.1 Å². The van der Waals surface area contributed by atoms with E-state index in [1.807, 2.05) is 25.1 Å². The van der Waals surface area contributed by atoms with E-state index in [9.17, 15) is 14.4 Å². The minimum Gasteiger partial charge on any atom is -0.490 e. The second-order valence-electron chi connectivity index (χ2n) is 8.94. The van der Waals surface area contributed by atoms with Crippen molar-refractivity contribution in [2.45, 2.75) is 13.5 Å². The van der Waals surface area contributed by atoms with Crippen molar-refractivity contribution in [2.75, 3.05) is 16.4 Å². The lowest BCUT2D eigenvalue weighted by molar-refractivity contribution is -0.121. The van der Waals surface area contributed by atoms with Crippen molar-refractivity contribution >= 4 is 62.8 Å². The van der Waals surface area contributed by atoms with Crippen LogP contribution in [-0.4, -0.2) is 24.5 Å². The average molecular weight is 632 g/mol. The molecule has 0 saturated carbocycles. The molecule has 4 aromatic carbocycles. The Bertz CT molecular complexity index is 1580. The Hall–Kier alpha value is -4.40. The fourth-order valence-electron chi connectivity index (χ4n) is 4.35. The van der Waals surface area contributed by atoms with Crippen molar-refractivity contribution in [3.05, 3.63) is 123 Å². The maximum atomic E-state index is 13.7. The molecule has 7 nitrogen and oxygen atoms in total. The molecule has 0 spiro atoms. The quantitative estimate of drug-likeness (QED) is 0.147. The molecule has 0 unspecified atom stereocenters. The molecule has 206 valence electrons. The van der Waals surface area contributed by atoms with Crippen LogP contribution in [0.15, 0.2) is 107 Å². The van der Waals surface area contributed by atoms with Gasteiger partial charge in [0, 0.05) is 10.6 Å². The summed E-state index contributed by atoms with van der Waals surface area (Å²) in [6, 6.07) is 27.0. The Morgan fingerprint density at radius 3 is 1.90 bits per heavy atom. The van der Waals surface area contributed by atoms with Crippen LogP contribution in [-0.2, 0) is 16.2 Å². The van der Waals surface area contributed by atoms with Gasteiger partial charge in [-0.15, -0.1) is 0 Å².